The second kappa shape index (κ2) is 3.34. The lowest BCUT2D eigenvalue weighted by Gasteiger charge is -1.99. The second-order valence-electron chi connectivity index (χ2n) is 3.40. The van der Waals surface area contributed by atoms with Gasteiger partial charge in [-0.05, 0) is 19.9 Å². The van der Waals surface area contributed by atoms with E-state index < -0.39 is 5.97 Å². The second-order valence-corrected chi connectivity index (χ2v) is 3.40. The maximum absolute atomic E-state index is 10.6. The van der Waals surface area contributed by atoms with Crippen LogP contribution in [-0.2, 0) is 11.2 Å². The van der Waals surface area contributed by atoms with Crippen LogP contribution in [0.4, 0.5) is 0 Å². The van der Waals surface area contributed by atoms with Crippen molar-refractivity contribution in [1.29, 1.82) is 0 Å². The molecule has 0 aliphatic carbocycles. The van der Waals surface area contributed by atoms with Gasteiger partial charge < -0.3 is 5.11 Å². The fraction of sp³-hybridized carbons (Fsp3) is 0.300. The van der Waals surface area contributed by atoms with Gasteiger partial charge in [-0.2, -0.15) is 0 Å². The predicted molar refractivity (Wildman–Crippen MR) is 53.8 cm³/mol. The standard InChI is InChI=1S/C10H11N3O2/c1-6-8(5-10(14)15)12-9-3-4-11-7(2)13(6)9/h3-4H,5H2,1-2H3,(H,14,15). The SMILES string of the molecule is Cc1nccc2nc(CC(=O)O)c(C)n12. The lowest BCUT2D eigenvalue weighted by molar-refractivity contribution is -0.136. The monoisotopic (exact) mass is 205 g/mol. The van der Waals surface area contributed by atoms with Crippen LogP contribution in [0.25, 0.3) is 5.65 Å². The van der Waals surface area contributed by atoms with Crippen molar-refractivity contribution in [3.63, 3.8) is 0 Å². The van der Waals surface area contributed by atoms with Crippen LogP contribution in [0.3, 0.4) is 0 Å². The molecule has 0 spiro atoms. The van der Waals surface area contributed by atoms with E-state index in [1.165, 1.54) is 0 Å². The highest BCUT2D eigenvalue weighted by Crippen LogP contribution is 2.13. The first-order chi connectivity index (χ1) is 7.09. The number of hydrogen-bond donors (Lipinski definition) is 1. The number of fused-ring (bicyclic) bond motifs is 1. The summed E-state index contributed by atoms with van der Waals surface area (Å²) in [6.07, 6.45) is 1.62. The third kappa shape index (κ3) is 1.56. The molecule has 0 bridgehead atoms. The molecule has 5 nitrogen and oxygen atoms in total. The Bertz CT molecular complexity index is 531. The Kier molecular flexibility index (Phi) is 2.15. The van der Waals surface area contributed by atoms with Gasteiger partial charge >= 0.3 is 5.97 Å². The van der Waals surface area contributed by atoms with Crippen LogP contribution in [0.1, 0.15) is 17.2 Å². The molecule has 0 aliphatic rings. The van der Waals surface area contributed by atoms with E-state index >= 15 is 0 Å². The lowest BCUT2D eigenvalue weighted by atomic mass is 10.2. The summed E-state index contributed by atoms with van der Waals surface area (Å²) in [7, 11) is 0. The minimum Gasteiger partial charge on any atom is -0.481 e. The molecule has 0 atom stereocenters. The molecular formula is C10H11N3O2. The van der Waals surface area contributed by atoms with E-state index in [4.69, 9.17) is 5.11 Å². The Labute approximate surface area is 86.4 Å². The van der Waals surface area contributed by atoms with Gasteiger partial charge in [0.1, 0.15) is 11.5 Å². The normalized spacial score (nSPS) is 10.8. The molecule has 0 saturated carbocycles. The van der Waals surface area contributed by atoms with Gasteiger partial charge in [-0.3, -0.25) is 9.20 Å². The maximum Gasteiger partial charge on any atom is 0.309 e. The molecular weight excluding hydrogens is 194 g/mol. The van der Waals surface area contributed by atoms with Crippen molar-refractivity contribution < 1.29 is 9.90 Å². The van der Waals surface area contributed by atoms with E-state index in [1.54, 1.807) is 12.3 Å². The molecule has 5 heteroatoms. The van der Waals surface area contributed by atoms with Gasteiger partial charge in [0.15, 0.2) is 0 Å². The van der Waals surface area contributed by atoms with Crippen molar-refractivity contribution in [2.45, 2.75) is 20.3 Å². The van der Waals surface area contributed by atoms with Crippen LogP contribution in [0.5, 0.6) is 0 Å². The van der Waals surface area contributed by atoms with E-state index in [9.17, 15) is 4.79 Å². The smallest absolute Gasteiger partial charge is 0.309 e. The fourth-order valence-electron chi connectivity index (χ4n) is 1.67. The summed E-state index contributed by atoms with van der Waals surface area (Å²) in [4.78, 5) is 19.0. The predicted octanol–water partition coefficient (Wildman–Crippen LogP) is 0.973. The number of rotatable bonds is 2. The van der Waals surface area contributed by atoms with Crippen molar-refractivity contribution >= 4 is 11.6 Å². The van der Waals surface area contributed by atoms with Crippen LogP contribution >= 0.6 is 0 Å². The molecule has 2 rings (SSSR count). The van der Waals surface area contributed by atoms with E-state index in [0.29, 0.717) is 5.69 Å². The van der Waals surface area contributed by atoms with Crippen molar-refractivity contribution in [2.75, 3.05) is 0 Å². The first-order valence-corrected chi connectivity index (χ1v) is 4.61. The molecule has 0 saturated heterocycles. The summed E-state index contributed by atoms with van der Waals surface area (Å²) in [5.74, 6) is -0.0544. The van der Waals surface area contributed by atoms with Gasteiger partial charge in [-0.1, -0.05) is 0 Å². The molecule has 0 aliphatic heterocycles. The van der Waals surface area contributed by atoms with E-state index in [2.05, 4.69) is 9.97 Å². The first kappa shape index (κ1) is 9.64. The molecule has 15 heavy (non-hydrogen) atoms. The first-order valence-electron chi connectivity index (χ1n) is 4.61. The molecule has 0 fully saturated rings. The van der Waals surface area contributed by atoms with E-state index in [-0.39, 0.29) is 6.42 Å². The van der Waals surface area contributed by atoms with Gasteiger partial charge in [-0.15, -0.1) is 0 Å². The summed E-state index contributed by atoms with van der Waals surface area (Å²) >= 11 is 0. The number of carboxylic acids is 1. The van der Waals surface area contributed by atoms with E-state index in [0.717, 1.165) is 17.2 Å². The molecule has 0 aromatic carbocycles. The maximum atomic E-state index is 10.6. The third-order valence-corrected chi connectivity index (χ3v) is 2.36. The lowest BCUT2D eigenvalue weighted by Crippen LogP contribution is -2.02. The number of nitrogens with zero attached hydrogens (tertiary/aromatic N) is 3. The van der Waals surface area contributed by atoms with Crippen molar-refractivity contribution in [1.82, 2.24) is 14.4 Å². The van der Waals surface area contributed by atoms with Gasteiger partial charge in [-0.25, -0.2) is 9.97 Å². The number of aliphatic carboxylic acids is 1. The summed E-state index contributed by atoms with van der Waals surface area (Å²) in [5, 5.41) is 8.72. The Hall–Kier alpha value is -1.91. The minimum absolute atomic E-state index is 0.0487. The van der Waals surface area contributed by atoms with E-state index in [1.807, 2.05) is 18.2 Å². The van der Waals surface area contributed by atoms with Crippen LogP contribution in [0.2, 0.25) is 0 Å². The number of aromatic nitrogens is 3. The molecule has 2 aromatic rings. The summed E-state index contributed by atoms with van der Waals surface area (Å²) in [6.45, 7) is 3.72. The molecule has 0 unspecified atom stereocenters. The third-order valence-electron chi connectivity index (χ3n) is 2.36. The Morgan fingerprint density at radius 2 is 2.27 bits per heavy atom. The number of imidazole rings is 1. The quantitative estimate of drug-likeness (QED) is 0.793. The van der Waals surface area contributed by atoms with Crippen molar-refractivity contribution in [3.8, 4) is 0 Å². The van der Waals surface area contributed by atoms with Gasteiger partial charge in [0.2, 0.25) is 0 Å². The van der Waals surface area contributed by atoms with Gasteiger partial charge in [0.25, 0.3) is 0 Å². The van der Waals surface area contributed by atoms with Gasteiger partial charge in [0, 0.05) is 11.9 Å². The minimum atomic E-state index is -0.868. The molecule has 0 amide bonds. The fourth-order valence-corrected chi connectivity index (χ4v) is 1.67. The zero-order valence-electron chi connectivity index (χ0n) is 8.56. The molecule has 1 N–H and O–H groups in total. The number of hydrogen-bond acceptors (Lipinski definition) is 3. The van der Waals surface area contributed by atoms with Crippen LogP contribution in [0, 0.1) is 13.8 Å². The average Bonchev–Trinajstić information content (AvgIpc) is 2.44. The Morgan fingerprint density at radius 3 is 2.87 bits per heavy atom. The Morgan fingerprint density at radius 1 is 1.53 bits per heavy atom. The number of carboxylic acid groups (broad SMARTS) is 1. The summed E-state index contributed by atoms with van der Waals surface area (Å²) in [5.41, 5.74) is 2.19. The summed E-state index contributed by atoms with van der Waals surface area (Å²) < 4.78 is 1.86. The van der Waals surface area contributed by atoms with Crippen LogP contribution in [-0.4, -0.2) is 25.4 Å². The molecule has 0 radical (unpaired) electrons. The van der Waals surface area contributed by atoms with Gasteiger partial charge in [0.05, 0.1) is 12.1 Å². The van der Waals surface area contributed by atoms with Crippen molar-refractivity contribution in [2.24, 2.45) is 0 Å². The molecule has 2 heterocycles. The summed E-state index contributed by atoms with van der Waals surface area (Å²) in [6, 6.07) is 1.77. The van der Waals surface area contributed by atoms with Crippen LogP contribution in [0.15, 0.2) is 12.3 Å². The Balaban J connectivity index is 2.64. The highest BCUT2D eigenvalue weighted by Gasteiger charge is 2.12. The number of aryl methyl sites for hydroxylation is 2. The topological polar surface area (TPSA) is 67.5 Å². The molecule has 78 valence electrons. The van der Waals surface area contributed by atoms with Crippen molar-refractivity contribution in [3.05, 3.63) is 29.5 Å². The average molecular weight is 205 g/mol. The van der Waals surface area contributed by atoms with Crippen LogP contribution < -0.4 is 0 Å². The largest absolute Gasteiger partial charge is 0.481 e. The highest BCUT2D eigenvalue weighted by atomic mass is 16.4. The zero-order chi connectivity index (χ0) is 11.0. The number of carbonyl (C=O) groups is 1. The zero-order valence-corrected chi connectivity index (χ0v) is 8.56. The molecule has 2 aromatic heterocycles. The highest BCUT2D eigenvalue weighted by molar-refractivity contribution is 5.70.